The third-order valence-electron chi connectivity index (χ3n) is 5.11. The van der Waals surface area contributed by atoms with E-state index in [1.807, 2.05) is 20.0 Å². The van der Waals surface area contributed by atoms with E-state index >= 15 is 0 Å². The largest absolute Gasteiger partial charge is 0.388 e. The number of hydrogen-bond donors (Lipinski definition) is 3. The number of aliphatic hydroxyl groups is 1. The topological polar surface area (TPSA) is 113 Å². The van der Waals surface area contributed by atoms with Gasteiger partial charge in [-0.05, 0) is 39.7 Å². The number of allylic oxidation sites excluding steroid dienone is 4. The summed E-state index contributed by atoms with van der Waals surface area (Å²) in [6, 6.07) is 1.44. The van der Waals surface area contributed by atoms with E-state index in [1.54, 1.807) is 0 Å². The van der Waals surface area contributed by atoms with Crippen molar-refractivity contribution in [2.24, 2.45) is 5.73 Å². The Balaban J connectivity index is 0.000000373. The van der Waals surface area contributed by atoms with Crippen LogP contribution in [0.2, 0.25) is 0 Å². The molecule has 1 aliphatic heterocycles. The molecule has 1 aromatic rings. The van der Waals surface area contributed by atoms with Gasteiger partial charge >= 0.3 is 0 Å². The number of anilines is 1. The second-order valence-corrected chi connectivity index (χ2v) is 7.88. The zero-order valence-electron chi connectivity index (χ0n) is 19.2. The molecular weight excluding hydrogens is 394 g/mol. The van der Waals surface area contributed by atoms with Crippen LogP contribution in [0.15, 0.2) is 41.0 Å². The lowest BCUT2D eigenvalue weighted by Gasteiger charge is -2.36. The monoisotopic (exact) mass is 433 g/mol. The number of hydrogen-bond acceptors (Lipinski definition) is 7. The summed E-state index contributed by atoms with van der Waals surface area (Å²) in [5.41, 5.74) is 5.68. The molecule has 31 heavy (non-hydrogen) atoms. The van der Waals surface area contributed by atoms with E-state index in [0.29, 0.717) is 44.7 Å². The molecule has 1 saturated heterocycles. The van der Waals surface area contributed by atoms with E-state index in [9.17, 15) is 14.7 Å². The first-order chi connectivity index (χ1) is 14.9. The van der Waals surface area contributed by atoms with Crippen LogP contribution in [0.3, 0.4) is 0 Å². The average Bonchev–Trinajstić information content (AvgIpc) is 2.75. The molecule has 1 fully saturated rings. The highest BCUT2D eigenvalue weighted by atomic mass is 16.3. The van der Waals surface area contributed by atoms with Gasteiger partial charge in [-0.25, -0.2) is 4.98 Å². The second-order valence-electron chi connectivity index (χ2n) is 7.88. The van der Waals surface area contributed by atoms with E-state index in [2.05, 4.69) is 34.3 Å². The predicted octanol–water partition coefficient (Wildman–Crippen LogP) is 1.95. The molecule has 4 N–H and O–H groups in total. The van der Waals surface area contributed by atoms with Gasteiger partial charge in [-0.2, -0.15) is 0 Å². The van der Waals surface area contributed by atoms with E-state index < -0.39 is 5.60 Å². The molecule has 8 heteroatoms. The smallest absolute Gasteiger partial charge is 0.255 e. The molecular formula is C23H39N5O3. The summed E-state index contributed by atoms with van der Waals surface area (Å²) in [6.45, 7) is 7.13. The maximum absolute atomic E-state index is 12.0. The van der Waals surface area contributed by atoms with Crippen molar-refractivity contribution < 1.29 is 9.90 Å². The molecule has 1 aliphatic rings. The van der Waals surface area contributed by atoms with Crippen LogP contribution >= 0.6 is 0 Å². The minimum absolute atomic E-state index is 0.160. The Kier molecular flexibility index (Phi) is 12.7. The molecule has 174 valence electrons. The Labute approximate surface area is 185 Å². The Morgan fingerprint density at radius 1 is 1.39 bits per heavy atom. The van der Waals surface area contributed by atoms with E-state index in [-0.39, 0.29) is 5.56 Å². The average molecular weight is 434 g/mol. The van der Waals surface area contributed by atoms with E-state index in [1.165, 1.54) is 22.5 Å². The summed E-state index contributed by atoms with van der Waals surface area (Å²) < 4.78 is 1.47. The van der Waals surface area contributed by atoms with Crippen LogP contribution in [-0.2, 0) is 11.3 Å². The molecule has 8 nitrogen and oxygen atoms in total. The fourth-order valence-electron chi connectivity index (χ4n) is 3.31. The van der Waals surface area contributed by atoms with Crippen molar-refractivity contribution in [2.75, 3.05) is 38.5 Å². The van der Waals surface area contributed by atoms with Gasteiger partial charge in [0.2, 0.25) is 0 Å². The van der Waals surface area contributed by atoms with Crippen LogP contribution in [0.1, 0.15) is 46.0 Å². The summed E-state index contributed by atoms with van der Waals surface area (Å²) in [5.74, 6) is 0.520. The number of nitrogens with zero attached hydrogens (tertiary/aromatic N) is 3. The van der Waals surface area contributed by atoms with Crippen molar-refractivity contribution in [3.05, 3.63) is 46.5 Å². The van der Waals surface area contributed by atoms with E-state index in [0.717, 1.165) is 32.2 Å². The summed E-state index contributed by atoms with van der Waals surface area (Å²) in [4.78, 5) is 28.4. The van der Waals surface area contributed by atoms with Crippen LogP contribution in [0.5, 0.6) is 0 Å². The summed E-state index contributed by atoms with van der Waals surface area (Å²) in [6.07, 6.45) is 12.6. The Morgan fingerprint density at radius 2 is 2.10 bits per heavy atom. The lowest BCUT2D eigenvalue weighted by Crippen LogP contribution is -2.46. The van der Waals surface area contributed by atoms with Crippen molar-refractivity contribution >= 4 is 12.1 Å². The summed E-state index contributed by atoms with van der Waals surface area (Å²) in [7, 11) is 2.03. The Morgan fingerprint density at radius 3 is 2.65 bits per heavy atom. The van der Waals surface area contributed by atoms with Gasteiger partial charge in [0.25, 0.3) is 5.56 Å². The van der Waals surface area contributed by atoms with Gasteiger partial charge in [-0.3, -0.25) is 9.36 Å². The highest BCUT2D eigenvalue weighted by Crippen LogP contribution is 2.22. The fourth-order valence-corrected chi connectivity index (χ4v) is 3.31. The number of carbonyl (C=O) groups is 1. The Hall–Kier alpha value is -2.29. The lowest BCUT2D eigenvalue weighted by molar-refractivity contribution is -0.107. The van der Waals surface area contributed by atoms with Crippen LogP contribution in [0.25, 0.3) is 0 Å². The van der Waals surface area contributed by atoms with Gasteiger partial charge in [0.15, 0.2) is 0 Å². The number of nitrogens with two attached hydrogens (primary N) is 1. The first-order valence-electron chi connectivity index (χ1n) is 11.0. The van der Waals surface area contributed by atoms with Crippen LogP contribution < -0.4 is 16.6 Å². The minimum Gasteiger partial charge on any atom is -0.388 e. The molecule has 0 atom stereocenters. The van der Waals surface area contributed by atoms with Crippen molar-refractivity contribution in [3.63, 3.8) is 0 Å². The maximum Gasteiger partial charge on any atom is 0.255 e. The van der Waals surface area contributed by atoms with Crippen LogP contribution in [0, 0.1) is 0 Å². The summed E-state index contributed by atoms with van der Waals surface area (Å²) >= 11 is 0. The molecule has 0 aliphatic carbocycles. The molecule has 2 heterocycles. The number of nitrogens with one attached hydrogen (secondary N) is 1. The van der Waals surface area contributed by atoms with E-state index in [4.69, 9.17) is 5.73 Å². The third kappa shape index (κ3) is 10.5. The van der Waals surface area contributed by atoms with Gasteiger partial charge in [0.1, 0.15) is 12.1 Å². The Bertz CT molecular complexity index is 765. The standard InChI is InChI=1S/C13H23N5O2.C10H16O/c1-17-6-2-13(20,3-7-17)9-18-10-16-11(8-12(18)19)15-5-4-14;1-3-6-10(7-4-2)8-5-9-11/h8,10,15,20H,2-7,9,14H2,1H3;3,6-7,9H,4-5,8H2,1-2H3/b;6-3-,10-7+. The maximum atomic E-state index is 12.0. The fraction of sp³-hybridized carbons (Fsp3) is 0.609. The molecule has 0 spiro atoms. The lowest BCUT2D eigenvalue weighted by atomic mass is 9.91. The van der Waals surface area contributed by atoms with Gasteiger partial charge in [0, 0.05) is 38.7 Å². The second kappa shape index (κ2) is 14.7. The number of rotatable bonds is 10. The predicted molar refractivity (Wildman–Crippen MR) is 126 cm³/mol. The van der Waals surface area contributed by atoms with Crippen LogP contribution in [-0.4, -0.2) is 64.7 Å². The number of carbonyl (C=O) groups excluding carboxylic acids is 1. The number of piperidine rings is 1. The summed E-state index contributed by atoms with van der Waals surface area (Å²) in [5, 5.41) is 13.5. The molecule has 1 aromatic heterocycles. The van der Waals surface area contributed by atoms with Crippen molar-refractivity contribution in [1.29, 1.82) is 0 Å². The number of likely N-dealkylation sites (tertiary alicyclic amines) is 1. The first kappa shape index (κ1) is 26.7. The molecule has 0 saturated carbocycles. The van der Waals surface area contributed by atoms with Gasteiger partial charge in [0.05, 0.1) is 18.5 Å². The molecule has 0 bridgehead atoms. The first-order valence-corrected chi connectivity index (χ1v) is 11.0. The normalized spacial score (nSPS) is 16.6. The molecule has 0 aromatic carbocycles. The van der Waals surface area contributed by atoms with Crippen molar-refractivity contribution in [3.8, 4) is 0 Å². The highest BCUT2D eigenvalue weighted by Gasteiger charge is 2.31. The highest BCUT2D eigenvalue weighted by molar-refractivity contribution is 5.50. The minimum atomic E-state index is -0.815. The van der Waals surface area contributed by atoms with Gasteiger partial charge in [-0.1, -0.05) is 30.7 Å². The molecule has 2 rings (SSSR count). The van der Waals surface area contributed by atoms with Crippen molar-refractivity contribution in [2.45, 2.75) is 58.1 Å². The van der Waals surface area contributed by atoms with Gasteiger partial charge < -0.3 is 25.9 Å². The number of aromatic nitrogens is 2. The molecule has 0 unspecified atom stereocenters. The number of aldehydes is 1. The molecule has 0 radical (unpaired) electrons. The molecule has 0 amide bonds. The zero-order valence-corrected chi connectivity index (χ0v) is 19.2. The van der Waals surface area contributed by atoms with Gasteiger partial charge in [-0.15, -0.1) is 0 Å². The quantitative estimate of drug-likeness (QED) is 0.382. The van der Waals surface area contributed by atoms with Crippen LogP contribution in [0.4, 0.5) is 5.82 Å². The third-order valence-corrected chi connectivity index (χ3v) is 5.11. The van der Waals surface area contributed by atoms with Crippen molar-refractivity contribution in [1.82, 2.24) is 14.5 Å². The zero-order chi connectivity index (χ0) is 23.1. The SMILES string of the molecule is C/C=C\C(=C/CC)CCC=O.CN1CCC(O)(Cn2cnc(NCCN)cc2=O)CC1.